The van der Waals surface area contributed by atoms with Gasteiger partial charge in [0.25, 0.3) is 0 Å². The number of nitrogens with zero attached hydrogens (tertiary/aromatic N) is 2. The highest BCUT2D eigenvalue weighted by atomic mass is 16.5. The standard InChI is InChI=1S/C19H21N3O2/c23-18(13-22-9-11-24-12-10-22)15-3-1-14(2-4-15)16-5-7-20-19-17(16)6-8-21-19/h1-8,18,23H,9-13H2,(H,20,21). The van der Waals surface area contributed by atoms with E-state index in [9.17, 15) is 5.11 Å². The van der Waals surface area contributed by atoms with Gasteiger partial charge in [-0.15, -0.1) is 0 Å². The van der Waals surface area contributed by atoms with Crippen LogP contribution in [0.5, 0.6) is 0 Å². The first-order valence-electron chi connectivity index (χ1n) is 8.32. The number of rotatable bonds is 4. The number of H-pyrrole nitrogens is 1. The quantitative estimate of drug-likeness (QED) is 0.775. The molecule has 0 aliphatic carbocycles. The van der Waals surface area contributed by atoms with E-state index in [1.165, 1.54) is 0 Å². The zero-order valence-corrected chi connectivity index (χ0v) is 13.5. The van der Waals surface area contributed by atoms with Crippen molar-refractivity contribution in [3.63, 3.8) is 0 Å². The van der Waals surface area contributed by atoms with E-state index in [4.69, 9.17) is 4.74 Å². The molecule has 0 radical (unpaired) electrons. The Balaban J connectivity index is 1.53. The molecule has 1 fully saturated rings. The van der Waals surface area contributed by atoms with Gasteiger partial charge in [0.15, 0.2) is 0 Å². The number of aliphatic hydroxyl groups is 1. The molecular weight excluding hydrogens is 302 g/mol. The van der Waals surface area contributed by atoms with Crippen molar-refractivity contribution in [1.29, 1.82) is 0 Å². The molecule has 0 bridgehead atoms. The minimum absolute atomic E-state index is 0.470. The molecule has 3 aromatic rings. The molecule has 2 aromatic heterocycles. The largest absolute Gasteiger partial charge is 0.387 e. The molecule has 124 valence electrons. The third-order valence-corrected chi connectivity index (χ3v) is 4.60. The first-order chi connectivity index (χ1) is 11.8. The third-order valence-electron chi connectivity index (χ3n) is 4.60. The maximum Gasteiger partial charge on any atom is 0.137 e. The summed E-state index contributed by atoms with van der Waals surface area (Å²) in [5.74, 6) is 0. The van der Waals surface area contributed by atoms with Crippen molar-refractivity contribution < 1.29 is 9.84 Å². The lowest BCUT2D eigenvalue weighted by Crippen LogP contribution is -2.38. The fraction of sp³-hybridized carbons (Fsp3) is 0.316. The van der Waals surface area contributed by atoms with Crippen LogP contribution >= 0.6 is 0 Å². The summed E-state index contributed by atoms with van der Waals surface area (Å²) in [6, 6.07) is 12.2. The molecular formula is C19H21N3O2. The third kappa shape index (κ3) is 3.06. The van der Waals surface area contributed by atoms with Crippen molar-refractivity contribution in [3.05, 3.63) is 54.4 Å². The van der Waals surface area contributed by atoms with E-state index in [0.29, 0.717) is 6.54 Å². The van der Waals surface area contributed by atoms with Crippen LogP contribution in [-0.2, 0) is 4.74 Å². The summed E-state index contributed by atoms with van der Waals surface area (Å²) in [4.78, 5) is 9.71. The monoisotopic (exact) mass is 323 g/mol. The van der Waals surface area contributed by atoms with E-state index in [2.05, 4.69) is 27.0 Å². The molecule has 5 heteroatoms. The number of β-amino-alcohol motifs (C(OH)–C–C–N with tert-alkyl or cyclic N) is 1. The van der Waals surface area contributed by atoms with Gasteiger partial charge in [-0.2, -0.15) is 0 Å². The van der Waals surface area contributed by atoms with Gasteiger partial charge in [0.1, 0.15) is 5.65 Å². The van der Waals surface area contributed by atoms with E-state index in [1.54, 1.807) is 0 Å². The van der Waals surface area contributed by atoms with Gasteiger partial charge in [-0.3, -0.25) is 4.90 Å². The molecule has 1 aliphatic heterocycles. The summed E-state index contributed by atoms with van der Waals surface area (Å²) in [5.41, 5.74) is 4.12. The van der Waals surface area contributed by atoms with Gasteiger partial charge in [-0.25, -0.2) is 4.98 Å². The van der Waals surface area contributed by atoms with Gasteiger partial charge in [0, 0.05) is 37.4 Å². The second-order valence-corrected chi connectivity index (χ2v) is 6.15. The first kappa shape index (κ1) is 15.3. The topological polar surface area (TPSA) is 61.4 Å². The zero-order valence-electron chi connectivity index (χ0n) is 13.5. The van der Waals surface area contributed by atoms with Crippen LogP contribution in [0.25, 0.3) is 22.2 Å². The molecule has 1 saturated heterocycles. The summed E-state index contributed by atoms with van der Waals surface area (Å²) in [6.45, 7) is 3.93. The molecule has 24 heavy (non-hydrogen) atoms. The fourth-order valence-electron chi connectivity index (χ4n) is 3.23. The number of aromatic amines is 1. The Morgan fingerprint density at radius 3 is 2.71 bits per heavy atom. The number of benzene rings is 1. The predicted octanol–water partition coefficient (Wildman–Crippen LogP) is 2.60. The molecule has 5 nitrogen and oxygen atoms in total. The number of hydrogen-bond donors (Lipinski definition) is 2. The Kier molecular flexibility index (Phi) is 4.30. The number of aliphatic hydroxyl groups excluding tert-OH is 1. The number of morpholine rings is 1. The van der Waals surface area contributed by atoms with Crippen LogP contribution in [0.4, 0.5) is 0 Å². The number of aromatic nitrogens is 2. The number of fused-ring (bicyclic) bond motifs is 1. The number of ether oxygens (including phenoxy) is 1. The minimum Gasteiger partial charge on any atom is -0.387 e. The molecule has 4 rings (SSSR count). The highest BCUT2D eigenvalue weighted by molar-refractivity contribution is 5.92. The summed E-state index contributed by atoms with van der Waals surface area (Å²) in [6.07, 6.45) is 3.25. The molecule has 0 spiro atoms. The molecule has 0 saturated carbocycles. The van der Waals surface area contributed by atoms with Crippen molar-refractivity contribution >= 4 is 11.0 Å². The van der Waals surface area contributed by atoms with Crippen molar-refractivity contribution in [2.75, 3.05) is 32.8 Å². The maximum atomic E-state index is 10.5. The zero-order chi connectivity index (χ0) is 16.4. The SMILES string of the molecule is OC(CN1CCOCC1)c1ccc(-c2ccnc3[nH]ccc23)cc1. The van der Waals surface area contributed by atoms with E-state index >= 15 is 0 Å². The Bertz CT molecular complexity index is 807. The summed E-state index contributed by atoms with van der Waals surface area (Å²) in [5, 5.41) is 11.6. The average Bonchev–Trinajstić information content (AvgIpc) is 3.11. The first-order valence-corrected chi connectivity index (χ1v) is 8.32. The van der Waals surface area contributed by atoms with Gasteiger partial charge in [0.2, 0.25) is 0 Å². The normalized spacial score (nSPS) is 17.2. The van der Waals surface area contributed by atoms with Crippen molar-refractivity contribution in [1.82, 2.24) is 14.9 Å². The number of hydrogen-bond acceptors (Lipinski definition) is 4. The molecule has 1 aromatic carbocycles. The summed E-state index contributed by atoms with van der Waals surface area (Å²) >= 11 is 0. The van der Waals surface area contributed by atoms with Gasteiger partial charge in [-0.1, -0.05) is 24.3 Å². The van der Waals surface area contributed by atoms with E-state index in [0.717, 1.165) is 54.0 Å². The Morgan fingerprint density at radius 2 is 1.92 bits per heavy atom. The molecule has 3 heterocycles. The fourth-order valence-corrected chi connectivity index (χ4v) is 3.23. The lowest BCUT2D eigenvalue weighted by molar-refractivity contribution is 0.0143. The van der Waals surface area contributed by atoms with Gasteiger partial charge in [-0.05, 0) is 28.8 Å². The van der Waals surface area contributed by atoms with Crippen LogP contribution in [0.2, 0.25) is 0 Å². The lowest BCUT2D eigenvalue weighted by atomic mass is 10.0. The Labute approximate surface area is 140 Å². The Morgan fingerprint density at radius 1 is 1.12 bits per heavy atom. The Hall–Kier alpha value is -2.21. The molecule has 1 unspecified atom stereocenters. The van der Waals surface area contributed by atoms with Crippen LogP contribution in [0, 0.1) is 0 Å². The van der Waals surface area contributed by atoms with Gasteiger partial charge in [0.05, 0.1) is 19.3 Å². The number of nitrogens with one attached hydrogen (secondary N) is 1. The molecule has 1 atom stereocenters. The van der Waals surface area contributed by atoms with Crippen LogP contribution in [-0.4, -0.2) is 52.8 Å². The second-order valence-electron chi connectivity index (χ2n) is 6.15. The van der Waals surface area contributed by atoms with Crippen LogP contribution in [0.15, 0.2) is 48.8 Å². The van der Waals surface area contributed by atoms with Gasteiger partial charge >= 0.3 is 0 Å². The molecule has 2 N–H and O–H groups in total. The second kappa shape index (κ2) is 6.73. The predicted molar refractivity (Wildman–Crippen MR) is 93.7 cm³/mol. The summed E-state index contributed by atoms with van der Waals surface area (Å²) in [7, 11) is 0. The minimum atomic E-state index is -0.470. The highest BCUT2D eigenvalue weighted by Crippen LogP contribution is 2.28. The highest BCUT2D eigenvalue weighted by Gasteiger charge is 2.16. The van der Waals surface area contributed by atoms with Gasteiger partial charge < -0.3 is 14.8 Å². The van der Waals surface area contributed by atoms with Crippen LogP contribution in [0.3, 0.4) is 0 Å². The van der Waals surface area contributed by atoms with Crippen LogP contribution in [0.1, 0.15) is 11.7 Å². The van der Waals surface area contributed by atoms with E-state index < -0.39 is 6.10 Å². The maximum absolute atomic E-state index is 10.5. The molecule has 1 aliphatic rings. The van der Waals surface area contributed by atoms with Crippen molar-refractivity contribution in [3.8, 4) is 11.1 Å². The average molecular weight is 323 g/mol. The van der Waals surface area contributed by atoms with Crippen molar-refractivity contribution in [2.24, 2.45) is 0 Å². The molecule has 0 amide bonds. The van der Waals surface area contributed by atoms with E-state index in [-0.39, 0.29) is 0 Å². The lowest BCUT2D eigenvalue weighted by Gasteiger charge is -2.28. The van der Waals surface area contributed by atoms with Crippen LogP contribution < -0.4 is 0 Å². The number of pyridine rings is 1. The van der Waals surface area contributed by atoms with Crippen molar-refractivity contribution in [2.45, 2.75) is 6.10 Å². The smallest absolute Gasteiger partial charge is 0.137 e. The van der Waals surface area contributed by atoms with E-state index in [1.807, 2.05) is 36.7 Å². The summed E-state index contributed by atoms with van der Waals surface area (Å²) < 4.78 is 5.35.